The van der Waals surface area contributed by atoms with Crippen LogP contribution in [0.5, 0.6) is 17.2 Å². The van der Waals surface area contributed by atoms with E-state index in [1.54, 1.807) is 18.2 Å². The Kier molecular flexibility index (Phi) is 7.28. The first-order valence-corrected chi connectivity index (χ1v) is 15.1. The summed E-state index contributed by atoms with van der Waals surface area (Å²) >= 11 is 1.46. The van der Waals surface area contributed by atoms with E-state index in [1.165, 1.54) is 36.6 Å². The predicted octanol–water partition coefficient (Wildman–Crippen LogP) is 7.51. The number of anilines is 1. The molecule has 3 fully saturated rings. The van der Waals surface area contributed by atoms with Gasteiger partial charge in [0, 0.05) is 41.3 Å². The summed E-state index contributed by atoms with van der Waals surface area (Å²) in [6, 6.07) is 9.46. The van der Waals surface area contributed by atoms with Crippen molar-refractivity contribution in [1.29, 1.82) is 0 Å². The molecule has 1 unspecified atom stereocenters. The fourth-order valence-corrected chi connectivity index (χ4v) is 7.54. The van der Waals surface area contributed by atoms with E-state index in [4.69, 9.17) is 28.8 Å². The van der Waals surface area contributed by atoms with Crippen LogP contribution < -0.4 is 19.1 Å². The van der Waals surface area contributed by atoms with Gasteiger partial charge in [-0.2, -0.15) is 0 Å². The number of hydrogen-bond donors (Lipinski definition) is 1. The average Bonchev–Trinajstić information content (AvgIpc) is 3.49. The second-order valence-corrected chi connectivity index (χ2v) is 12.2. The standard InChI is InChI=1S/C30H28F3N3O7S/c1-39-23-12-19(41-29(37)38)13-24-26(23)34-28(44-24)36-16-8-9-17(36)11-18(10-16)40-14-21-25(35-43-27(21)15-6-7-15)20-4-2-3-5-22(20)42-30(31,32)33/h2-5,12-13,15-18H,6-11,14H2,1H3,(H,37,38)/t16-,17+,18?. The number of carboxylic acid groups (broad SMARTS) is 1. The van der Waals surface area contributed by atoms with Gasteiger partial charge in [-0.3, -0.25) is 0 Å². The van der Waals surface area contributed by atoms with Gasteiger partial charge < -0.3 is 33.5 Å². The van der Waals surface area contributed by atoms with Crippen LogP contribution in [0.2, 0.25) is 0 Å². The Hall–Kier alpha value is -4.04. The molecule has 3 aliphatic rings. The molecule has 2 aromatic heterocycles. The molecule has 10 nitrogen and oxygen atoms in total. The third kappa shape index (κ3) is 5.63. The Labute approximate surface area is 253 Å². The van der Waals surface area contributed by atoms with Crippen LogP contribution in [-0.4, -0.2) is 53.1 Å². The van der Waals surface area contributed by atoms with E-state index in [0.717, 1.165) is 48.4 Å². The summed E-state index contributed by atoms with van der Waals surface area (Å²) in [6.07, 6.45) is -1.00. The minimum Gasteiger partial charge on any atom is -0.494 e. The monoisotopic (exact) mass is 631 g/mol. The van der Waals surface area contributed by atoms with Crippen LogP contribution in [0.4, 0.5) is 23.1 Å². The molecule has 4 aromatic rings. The number of aromatic nitrogens is 2. The van der Waals surface area contributed by atoms with Crippen molar-refractivity contribution < 1.29 is 46.5 Å². The number of carbonyl (C=O) groups is 1. The Morgan fingerprint density at radius 1 is 1.11 bits per heavy atom. The molecule has 0 amide bonds. The summed E-state index contributed by atoms with van der Waals surface area (Å²) < 4.78 is 66.9. The van der Waals surface area contributed by atoms with E-state index < -0.39 is 12.5 Å². The summed E-state index contributed by atoms with van der Waals surface area (Å²) in [5.41, 5.74) is 1.82. The third-order valence-corrected chi connectivity index (χ3v) is 9.37. The molecule has 232 valence electrons. The van der Waals surface area contributed by atoms with Crippen molar-refractivity contribution in [2.24, 2.45) is 0 Å². The Balaban J connectivity index is 1.10. The van der Waals surface area contributed by atoms with Gasteiger partial charge in [-0.1, -0.05) is 28.6 Å². The zero-order valence-corrected chi connectivity index (χ0v) is 24.3. The van der Waals surface area contributed by atoms with Gasteiger partial charge in [-0.15, -0.1) is 13.2 Å². The Morgan fingerprint density at radius 3 is 2.55 bits per heavy atom. The molecule has 0 spiro atoms. The SMILES string of the molecule is COc1cc(OC(=O)O)cc2sc(N3[C@@H]4CC[C@H]3CC(OCc3c(-c5ccccc5OC(F)(F)F)noc3C3CC3)C4)nc12. The summed E-state index contributed by atoms with van der Waals surface area (Å²) in [5, 5.41) is 14.1. The van der Waals surface area contributed by atoms with E-state index >= 15 is 0 Å². The van der Waals surface area contributed by atoms with Crippen molar-refractivity contribution in [3.63, 3.8) is 0 Å². The smallest absolute Gasteiger partial charge is 0.494 e. The zero-order valence-electron chi connectivity index (χ0n) is 23.5. The first-order chi connectivity index (χ1) is 21.2. The first kappa shape index (κ1) is 28.7. The summed E-state index contributed by atoms with van der Waals surface area (Å²) in [4.78, 5) is 18.3. The lowest BCUT2D eigenvalue weighted by Gasteiger charge is -2.38. The molecule has 1 saturated carbocycles. The van der Waals surface area contributed by atoms with E-state index in [1.807, 2.05) is 0 Å². The molecule has 2 bridgehead atoms. The minimum atomic E-state index is -4.84. The highest BCUT2D eigenvalue weighted by Gasteiger charge is 2.43. The van der Waals surface area contributed by atoms with Gasteiger partial charge in [-0.25, -0.2) is 9.78 Å². The summed E-state index contributed by atoms with van der Waals surface area (Å²) in [6.45, 7) is 0.166. The third-order valence-electron chi connectivity index (χ3n) is 8.36. The van der Waals surface area contributed by atoms with Gasteiger partial charge in [0.1, 0.15) is 34.2 Å². The van der Waals surface area contributed by atoms with Crippen molar-refractivity contribution in [1.82, 2.24) is 10.1 Å². The average molecular weight is 632 g/mol. The molecule has 2 aromatic carbocycles. The van der Waals surface area contributed by atoms with Crippen LogP contribution in [0.15, 0.2) is 40.9 Å². The van der Waals surface area contributed by atoms with Crippen LogP contribution in [-0.2, 0) is 11.3 Å². The van der Waals surface area contributed by atoms with Gasteiger partial charge in [0.15, 0.2) is 5.13 Å². The summed E-state index contributed by atoms with van der Waals surface area (Å²) in [5.74, 6) is 1.11. The van der Waals surface area contributed by atoms with Gasteiger partial charge in [0.25, 0.3) is 0 Å². The number of ether oxygens (including phenoxy) is 4. The lowest BCUT2D eigenvalue weighted by molar-refractivity contribution is -0.274. The molecule has 4 heterocycles. The molecular weight excluding hydrogens is 603 g/mol. The van der Waals surface area contributed by atoms with Crippen LogP contribution in [0.1, 0.15) is 55.8 Å². The van der Waals surface area contributed by atoms with Gasteiger partial charge in [-0.05, 0) is 50.7 Å². The maximum absolute atomic E-state index is 13.1. The number of alkyl halides is 3. The van der Waals surface area contributed by atoms with Gasteiger partial charge in [0.05, 0.1) is 24.5 Å². The predicted molar refractivity (Wildman–Crippen MR) is 153 cm³/mol. The lowest BCUT2D eigenvalue weighted by Crippen LogP contribution is -2.45. The second kappa shape index (κ2) is 11.1. The van der Waals surface area contributed by atoms with E-state index in [-0.39, 0.29) is 47.8 Å². The number of para-hydroxylation sites is 1. The minimum absolute atomic E-state index is 0.0697. The number of rotatable bonds is 9. The highest BCUT2D eigenvalue weighted by molar-refractivity contribution is 7.22. The topological polar surface area (TPSA) is 116 Å². The van der Waals surface area contributed by atoms with Crippen molar-refractivity contribution in [3.8, 4) is 28.5 Å². The molecule has 2 aliphatic heterocycles. The molecule has 0 radical (unpaired) electrons. The number of benzene rings is 2. The number of thiazole rings is 1. The maximum Gasteiger partial charge on any atom is 0.573 e. The first-order valence-electron chi connectivity index (χ1n) is 14.3. The molecule has 3 atom stereocenters. The molecule has 2 saturated heterocycles. The number of nitrogens with zero attached hydrogens (tertiary/aromatic N) is 3. The lowest BCUT2D eigenvalue weighted by atomic mass is 10.00. The number of fused-ring (bicyclic) bond motifs is 3. The van der Waals surface area contributed by atoms with E-state index in [0.29, 0.717) is 28.3 Å². The fourth-order valence-electron chi connectivity index (χ4n) is 6.38. The molecular formula is C30H28F3N3O7S. The molecule has 1 N–H and O–H groups in total. The molecule has 44 heavy (non-hydrogen) atoms. The van der Waals surface area contributed by atoms with E-state index in [9.17, 15) is 18.0 Å². The Morgan fingerprint density at radius 2 is 1.86 bits per heavy atom. The number of halogens is 3. The fraction of sp³-hybridized carbons (Fsp3) is 0.433. The highest BCUT2D eigenvalue weighted by Crippen LogP contribution is 2.48. The number of hydrogen-bond acceptors (Lipinski definition) is 10. The second-order valence-electron chi connectivity index (χ2n) is 11.2. The van der Waals surface area contributed by atoms with Crippen molar-refractivity contribution in [2.45, 2.75) is 75.6 Å². The molecule has 14 heteroatoms. The summed E-state index contributed by atoms with van der Waals surface area (Å²) in [7, 11) is 1.50. The normalized spacial score (nSPS) is 21.5. The van der Waals surface area contributed by atoms with Crippen molar-refractivity contribution in [3.05, 3.63) is 47.7 Å². The molecule has 1 aliphatic carbocycles. The van der Waals surface area contributed by atoms with E-state index in [2.05, 4.69) is 14.8 Å². The quantitative estimate of drug-likeness (QED) is 0.147. The largest absolute Gasteiger partial charge is 0.573 e. The maximum atomic E-state index is 13.1. The Bertz CT molecular complexity index is 1690. The molecule has 7 rings (SSSR count). The number of methoxy groups -OCH3 is 1. The van der Waals surface area contributed by atoms with Crippen LogP contribution >= 0.6 is 11.3 Å². The van der Waals surface area contributed by atoms with Crippen molar-refractivity contribution >= 4 is 32.8 Å². The van der Waals surface area contributed by atoms with Crippen LogP contribution in [0.25, 0.3) is 21.5 Å². The number of piperidine rings is 1. The van der Waals surface area contributed by atoms with Crippen LogP contribution in [0.3, 0.4) is 0 Å². The van der Waals surface area contributed by atoms with Crippen molar-refractivity contribution in [2.75, 3.05) is 12.0 Å². The highest BCUT2D eigenvalue weighted by atomic mass is 32.1. The van der Waals surface area contributed by atoms with Gasteiger partial charge in [0.2, 0.25) is 0 Å². The van der Waals surface area contributed by atoms with Gasteiger partial charge >= 0.3 is 12.5 Å². The van der Waals surface area contributed by atoms with Crippen LogP contribution in [0, 0.1) is 0 Å². The zero-order chi connectivity index (χ0) is 30.6.